The van der Waals surface area contributed by atoms with Crippen LogP contribution in [0.4, 0.5) is 0 Å². The minimum atomic E-state index is -2.26. The van der Waals surface area contributed by atoms with Gasteiger partial charge in [-0.1, -0.05) is 0 Å². The minimum absolute atomic E-state index is 0. The Labute approximate surface area is 199 Å². The van der Waals surface area contributed by atoms with E-state index in [-0.39, 0.29) is 24.8 Å². The molecule has 0 saturated heterocycles. The van der Waals surface area contributed by atoms with Crippen LogP contribution in [-0.4, -0.2) is 24.5 Å². The largest absolute Gasteiger partial charge is 1.00 e. The first-order valence-electron chi connectivity index (χ1n) is 9.58. The summed E-state index contributed by atoms with van der Waals surface area (Å²) in [6, 6.07) is 8.55. The van der Waals surface area contributed by atoms with E-state index in [2.05, 4.69) is 50.3 Å². The van der Waals surface area contributed by atoms with Crippen LogP contribution in [0, 0.1) is 0 Å². The predicted octanol–water partition coefficient (Wildman–Crippen LogP) is -1.41. The van der Waals surface area contributed by atoms with Crippen molar-refractivity contribution in [3.05, 3.63) is 56.9 Å². The van der Waals surface area contributed by atoms with Crippen LogP contribution in [0.5, 0.6) is 17.2 Å². The van der Waals surface area contributed by atoms with Crippen LogP contribution in [0.3, 0.4) is 0 Å². The Kier molecular flexibility index (Phi) is 8.56. The number of halogens is 2. The molecule has 158 valence electrons. The fraction of sp³-hybridized carbons (Fsp3) is 0.292. The molecule has 0 heterocycles. The zero-order chi connectivity index (χ0) is 19.8. The van der Waals surface area contributed by atoms with E-state index in [4.69, 9.17) is 14.2 Å². The molecule has 30 heavy (non-hydrogen) atoms. The molecule has 2 aliphatic rings. The smallest absolute Gasteiger partial charge is 1.00 e. The molecule has 3 nitrogen and oxygen atoms in total. The number of methoxy groups -OCH3 is 3. The Hall–Kier alpha value is -1.35. The van der Waals surface area contributed by atoms with Gasteiger partial charge in [-0.2, -0.15) is 0 Å². The maximum absolute atomic E-state index is 5.97. The first kappa shape index (κ1) is 24.9. The monoisotopic (exact) mass is 522 g/mol. The molecule has 0 spiro atoms. The van der Waals surface area contributed by atoms with Crippen molar-refractivity contribution in [1.82, 2.24) is 0 Å². The third-order valence-electron chi connectivity index (χ3n) is 5.59. The van der Waals surface area contributed by atoms with Gasteiger partial charge in [0, 0.05) is 0 Å². The molecule has 0 saturated carbocycles. The van der Waals surface area contributed by atoms with Gasteiger partial charge in [-0.3, -0.25) is 0 Å². The van der Waals surface area contributed by atoms with Crippen LogP contribution >= 0.6 is 0 Å². The minimum Gasteiger partial charge on any atom is -1.00 e. The summed E-state index contributed by atoms with van der Waals surface area (Å²) in [4.78, 5) is 0. The number of ether oxygens (including phenoxy) is 3. The van der Waals surface area contributed by atoms with Crippen molar-refractivity contribution in [2.75, 3.05) is 21.3 Å². The standard InChI is InChI=1S/C16H15O3.C5H5.C3H6.2ClH.Zr/c1-17-12-4-5-13-10(7-12)6-11-8-15(18-2)16(19-3)9-14(11)13;1-2-4-5-3-1;1-3-2;;;/h4-5,7,9H,6H2,1-3H3;1-3H,4H2;1-2H3;2*1H;/q;;;;;+2/p-2. The Bertz CT molecular complexity index is 1050. The van der Waals surface area contributed by atoms with Crippen molar-refractivity contribution in [3.63, 3.8) is 0 Å². The van der Waals surface area contributed by atoms with E-state index in [1.54, 1.807) is 27.8 Å². The van der Waals surface area contributed by atoms with Crippen molar-refractivity contribution < 1.29 is 60.3 Å². The van der Waals surface area contributed by atoms with E-state index < -0.39 is 21.3 Å². The van der Waals surface area contributed by atoms with Gasteiger partial charge in [0.05, 0.1) is 0 Å². The fourth-order valence-electron chi connectivity index (χ4n) is 4.38. The number of allylic oxidation sites excluding steroid dienone is 4. The number of benzene rings is 2. The Morgan fingerprint density at radius 1 is 0.933 bits per heavy atom. The molecule has 0 N–H and O–H groups in total. The van der Waals surface area contributed by atoms with Gasteiger partial charge >= 0.3 is 175 Å². The first-order chi connectivity index (χ1) is 13.6. The van der Waals surface area contributed by atoms with Gasteiger partial charge in [-0.25, -0.2) is 0 Å². The SMILES string of the molecule is COc1ccc2c(c1)Cc1c-2cc(OC)c(OC)[c]1[Zr+2]([C]1=CC=CC1)=[C](C)C.[Cl-].[Cl-]. The number of fused-ring (bicyclic) bond motifs is 3. The normalized spacial score (nSPS) is 12.5. The molecular formula is C24H26Cl2O3Zr. The van der Waals surface area contributed by atoms with Gasteiger partial charge < -0.3 is 24.8 Å². The van der Waals surface area contributed by atoms with Crippen LogP contribution in [-0.2, 0) is 27.7 Å². The van der Waals surface area contributed by atoms with Crippen LogP contribution in [0.2, 0.25) is 0 Å². The van der Waals surface area contributed by atoms with Gasteiger partial charge in [0.2, 0.25) is 0 Å². The van der Waals surface area contributed by atoms with E-state index >= 15 is 0 Å². The van der Waals surface area contributed by atoms with Gasteiger partial charge in [0.15, 0.2) is 0 Å². The summed E-state index contributed by atoms with van der Waals surface area (Å²) < 4.78 is 21.8. The summed E-state index contributed by atoms with van der Waals surface area (Å²) in [5.41, 5.74) is 5.31. The average Bonchev–Trinajstić information content (AvgIpc) is 3.34. The summed E-state index contributed by atoms with van der Waals surface area (Å²) in [5.74, 6) is 2.68. The Balaban J connectivity index is 0.00000160. The van der Waals surface area contributed by atoms with Crippen molar-refractivity contribution in [2.24, 2.45) is 0 Å². The summed E-state index contributed by atoms with van der Waals surface area (Å²) in [6.45, 7) is 4.59. The second-order valence-corrected chi connectivity index (χ2v) is 14.5. The van der Waals surface area contributed by atoms with Gasteiger partial charge in [-0.15, -0.1) is 0 Å². The van der Waals surface area contributed by atoms with E-state index in [0.717, 1.165) is 30.1 Å². The molecule has 2 aromatic rings. The van der Waals surface area contributed by atoms with Crippen molar-refractivity contribution in [3.8, 4) is 28.4 Å². The quantitative estimate of drug-likeness (QED) is 0.411. The van der Waals surface area contributed by atoms with E-state index in [0.29, 0.717) is 0 Å². The maximum atomic E-state index is 5.97. The molecule has 0 radical (unpaired) electrons. The molecule has 0 aliphatic heterocycles. The molecular weight excluding hydrogens is 498 g/mol. The molecule has 4 rings (SSSR count). The summed E-state index contributed by atoms with van der Waals surface area (Å²) >= 11 is -2.26. The molecule has 0 aromatic heterocycles. The van der Waals surface area contributed by atoms with Crippen LogP contribution < -0.4 is 42.3 Å². The molecule has 0 bridgehead atoms. The summed E-state index contributed by atoms with van der Waals surface area (Å²) in [7, 11) is 5.23. The molecule has 0 amide bonds. The van der Waals surface area contributed by atoms with E-state index in [1.165, 1.54) is 25.5 Å². The van der Waals surface area contributed by atoms with Crippen LogP contribution in [0.1, 0.15) is 31.4 Å². The molecule has 0 atom stereocenters. The zero-order valence-corrected chi connectivity index (χ0v) is 21.9. The van der Waals surface area contributed by atoms with Crippen molar-refractivity contribution >= 4 is 6.48 Å². The number of hydrogen-bond acceptors (Lipinski definition) is 3. The number of rotatable bonds is 5. The van der Waals surface area contributed by atoms with Crippen molar-refractivity contribution in [2.45, 2.75) is 26.7 Å². The van der Waals surface area contributed by atoms with E-state index in [1.807, 2.05) is 6.07 Å². The Morgan fingerprint density at radius 2 is 1.70 bits per heavy atom. The fourth-order valence-corrected chi connectivity index (χ4v) is 11.8. The second-order valence-electron chi connectivity index (χ2n) is 7.41. The van der Waals surface area contributed by atoms with Gasteiger partial charge in [0.1, 0.15) is 0 Å². The van der Waals surface area contributed by atoms with Gasteiger partial charge in [-0.05, 0) is 0 Å². The number of hydrogen-bond donors (Lipinski definition) is 0. The summed E-state index contributed by atoms with van der Waals surface area (Å²) in [5, 5.41) is 0. The maximum Gasteiger partial charge on any atom is -1.00 e. The molecule has 0 unspecified atom stereocenters. The van der Waals surface area contributed by atoms with Crippen LogP contribution in [0.25, 0.3) is 11.1 Å². The van der Waals surface area contributed by atoms with Crippen LogP contribution in [0.15, 0.2) is 45.8 Å². The molecule has 0 fully saturated rings. The third kappa shape index (κ3) is 4.20. The van der Waals surface area contributed by atoms with Gasteiger partial charge in [0.25, 0.3) is 0 Å². The summed E-state index contributed by atoms with van der Waals surface area (Å²) in [6.07, 6.45) is 8.79. The first-order valence-corrected chi connectivity index (χ1v) is 13.3. The van der Waals surface area contributed by atoms with E-state index in [9.17, 15) is 0 Å². The molecule has 6 heteroatoms. The zero-order valence-electron chi connectivity index (χ0n) is 17.9. The second kappa shape index (κ2) is 10.3. The molecule has 2 aliphatic carbocycles. The Morgan fingerprint density at radius 3 is 2.27 bits per heavy atom. The topological polar surface area (TPSA) is 27.7 Å². The predicted molar refractivity (Wildman–Crippen MR) is 112 cm³/mol. The average molecular weight is 525 g/mol. The molecule has 2 aromatic carbocycles. The third-order valence-corrected chi connectivity index (χ3v) is 13.1. The van der Waals surface area contributed by atoms with Crippen molar-refractivity contribution in [1.29, 1.82) is 0 Å².